The Morgan fingerprint density at radius 2 is 1.83 bits per heavy atom. The molecular formula is C17H22ClN5O. The summed E-state index contributed by atoms with van der Waals surface area (Å²) in [5.74, 6) is 0. The van der Waals surface area contributed by atoms with Crippen LogP contribution in [0.2, 0.25) is 5.02 Å². The summed E-state index contributed by atoms with van der Waals surface area (Å²) in [7, 11) is 0. The molecule has 0 bridgehead atoms. The van der Waals surface area contributed by atoms with E-state index in [-0.39, 0.29) is 10.6 Å². The van der Waals surface area contributed by atoms with Crippen LogP contribution < -0.4 is 10.9 Å². The largest absolute Gasteiger partial charge is 0.381 e. The molecule has 0 radical (unpaired) electrons. The Morgan fingerprint density at radius 1 is 1.12 bits per heavy atom. The number of rotatable bonds is 6. The number of aromatic amines is 1. The Hall–Kier alpha value is -1.89. The monoisotopic (exact) mass is 347 g/mol. The second kappa shape index (κ2) is 8.28. The smallest absolute Gasteiger partial charge is 0.285 e. The second-order valence-corrected chi connectivity index (χ2v) is 6.33. The van der Waals surface area contributed by atoms with Gasteiger partial charge in [0, 0.05) is 45.8 Å². The molecule has 0 saturated carbocycles. The van der Waals surface area contributed by atoms with Crippen molar-refractivity contribution in [2.45, 2.75) is 6.54 Å². The van der Waals surface area contributed by atoms with Gasteiger partial charge in [-0.05, 0) is 5.56 Å². The molecule has 7 heteroatoms. The quantitative estimate of drug-likeness (QED) is 0.832. The number of nitrogens with one attached hydrogen (secondary N) is 2. The van der Waals surface area contributed by atoms with Crippen LogP contribution in [0.1, 0.15) is 5.56 Å². The Morgan fingerprint density at radius 3 is 2.58 bits per heavy atom. The third-order valence-corrected chi connectivity index (χ3v) is 4.63. The molecule has 0 unspecified atom stereocenters. The first kappa shape index (κ1) is 17.0. The molecule has 0 spiro atoms. The lowest BCUT2D eigenvalue weighted by Crippen LogP contribution is -2.47. The number of H-pyrrole nitrogens is 1. The average molecular weight is 348 g/mol. The van der Waals surface area contributed by atoms with Crippen LogP contribution in [0.3, 0.4) is 0 Å². The molecule has 0 aliphatic carbocycles. The molecule has 6 nitrogen and oxygen atoms in total. The molecule has 0 amide bonds. The van der Waals surface area contributed by atoms with E-state index in [1.165, 1.54) is 5.56 Å². The van der Waals surface area contributed by atoms with E-state index in [4.69, 9.17) is 11.6 Å². The highest BCUT2D eigenvalue weighted by Crippen LogP contribution is 2.14. The number of anilines is 1. The number of halogens is 1. The predicted octanol–water partition coefficient (Wildman–Crippen LogP) is 1.65. The molecule has 24 heavy (non-hydrogen) atoms. The van der Waals surface area contributed by atoms with Gasteiger partial charge in [-0.1, -0.05) is 41.9 Å². The van der Waals surface area contributed by atoms with E-state index in [1.54, 1.807) is 6.20 Å². The molecule has 1 saturated heterocycles. The SMILES string of the molecule is O=c1[nH]ncc(NCCN2CCN(Cc3ccccc3)CC2)c1Cl. The van der Waals surface area contributed by atoms with Crippen molar-refractivity contribution in [3.63, 3.8) is 0 Å². The molecule has 1 aromatic heterocycles. The van der Waals surface area contributed by atoms with Crippen LogP contribution >= 0.6 is 11.6 Å². The zero-order chi connectivity index (χ0) is 16.8. The van der Waals surface area contributed by atoms with E-state index in [9.17, 15) is 4.79 Å². The molecule has 2 N–H and O–H groups in total. The van der Waals surface area contributed by atoms with Crippen LogP contribution in [0.4, 0.5) is 5.69 Å². The number of hydrogen-bond acceptors (Lipinski definition) is 5. The predicted molar refractivity (Wildman–Crippen MR) is 96.5 cm³/mol. The highest BCUT2D eigenvalue weighted by molar-refractivity contribution is 6.32. The van der Waals surface area contributed by atoms with E-state index in [0.29, 0.717) is 5.69 Å². The maximum Gasteiger partial charge on any atom is 0.285 e. The summed E-state index contributed by atoms with van der Waals surface area (Å²) in [6, 6.07) is 10.6. The third-order valence-electron chi connectivity index (χ3n) is 4.25. The highest BCUT2D eigenvalue weighted by atomic mass is 35.5. The lowest BCUT2D eigenvalue weighted by atomic mass is 10.2. The van der Waals surface area contributed by atoms with Gasteiger partial charge in [0.15, 0.2) is 0 Å². The Kier molecular flexibility index (Phi) is 5.85. The van der Waals surface area contributed by atoms with Gasteiger partial charge in [-0.3, -0.25) is 14.6 Å². The first-order valence-electron chi connectivity index (χ1n) is 8.18. The summed E-state index contributed by atoms with van der Waals surface area (Å²) in [4.78, 5) is 16.3. The molecule has 1 aromatic carbocycles. The lowest BCUT2D eigenvalue weighted by Gasteiger charge is -2.34. The minimum Gasteiger partial charge on any atom is -0.381 e. The van der Waals surface area contributed by atoms with Gasteiger partial charge in [0.25, 0.3) is 5.56 Å². The summed E-state index contributed by atoms with van der Waals surface area (Å²) in [6.45, 7) is 6.92. The molecule has 3 rings (SSSR count). The van der Waals surface area contributed by atoms with Crippen LogP contribution in [-0.2, 0) is 6.54 Å². The second-order valence-electron chi connectivity index (χ2n) is 5.96. The Labute approximate surface area is 146 Å². The minimum atomic E-state index is -0.365. The summed E-state index contributed by atoms with van der Waals surface area (Å²) in [5.41, 5.74) is 1.59. The van der Waals surface area contributed by atoms with Gasteiger partial charge in [0.1, 0.15) is 5.02 Å². The van der Waals surface area contributed by atoms with Crippen molar-refractivity contribution in [2.75, 3.05) is 44.6 Å². The van der Waals surface area contributed by atoms with Gasteiger partial charge < -0.3 is 5.32 Å². The molecule has 1 aliphatic heterocycles. The van der Waals surface area contributed by atoms with Crippen LogP contribution in [0.25, 0.3) is 0 Å². The standard InChI is InChI=1S/C17H22ClN5O/c18-16-15(12-20-21-17(16)24)19-6-7-22-8-10-23(11-9-22)13-14-4-2-1-3-5-14/h1-5,12H,6-11,13H2,(H2,19,21,24). The van der Waals surface area contributed by atoms with Crippen molar-refractivity contribution in [2.24, 2.45) is 0 Å². The van der Waals surface area contributed by atoms with E-state index in [1.807, 2.05) is 0 Å². The molecule has 2 aromatic rings. The third kappa shape index (κ3) is 4.56. The number of hydrogen-bond donors (Lipinski definition) is 2. The zero-order valence-corrected chi connectivity index (χ0v) is 14.3. The van der Waals surface area contributed by atoms with Crippen LogP contribution in [0.5, 0.6) is 0 Å². The molecule has 1 fully saturated rings. The first-order chi connectivity index (χ1) is 11.7. The van der Waals surface area contributed by atoms with Gasteiger partial charge in [-0.15, -0.1) is 0 Å². The molecule has 128 valence electrons. The van der Waals surface area contributed by atoms with Crippen molar-refractivity contribution in [1.82, 2.24) is 20.0 Å². The number of benzene rings is 1. The van der Waals surface area contributed by atoms with E-state index in [2.05, 4.69) is 55.6 Å². The molecule has 2 heterocycles. The molecular weight excluding hydrogens is 326 g/mol. The Bertz CT molecular complexity index is 698. The van der Waals surface area contributed by atoms with E-state index < -0.39 is 0 Å². The fourth-order valence-corrected chi connectivity index (χ4v) is 3.03. The maximum atomic E-state index is 11.4. The molecule has 1 aliphatic rings. The van der Waals surface area contributed by atoms with Gasteiger partial charge in [-0.25, -0.2) is 5.10 Å². The average Bonchev–Trinajstić information content (AvgIpc) is 2.61. The summed E-state index contributed by atoms with van der Waals surface area (Å²) in [5, 5.41) is 9.41. The number of piperazine rings is 1. The van der Waals surface area contributed by atoms with Crippen LogP contribution in [0, 0.1) is 0 Å². The summed E-state index contributed by atoms with van der Waals surface area (Å²) >= 11 is 5.94. The van der Waals surface area contributed by atoms with Gasteiger partial charge in [0.05, 0.1) is 11.9 Å². The maximum absolute atomic E-state index is 11.4. The fourth-order valence-electron chi connectivity index (χ4n) is 2.87. The van der Waals surface area contributed by atoms with Crippen molar-refractivity contribution in [1.29, 1.82) is 0 Å². The van der Waals surface area contributed by atoms with Crippen molar-refractivity contribution in [3.8, 4) is 0 Å². The lowest BCUT2D eigenvalue weighted by molar-refractivity contribution is 0.130. The highest BCUT2D eigenvalue weighted by Gasteiger charge is 2.16. The van der Waals surface area contributed by atoms with Crippen molar-refractivity contribution < 1.29 is 0 Å². The van der Waals surface area contributed by atoms with Crippen molar-refractivity contribution in [3.05, 3.63) is 57.5 Å². The van der Waals surface area contributed by atoms with Gasteiger partial charge >= 0.3 is 0 Å². The van der Waals surface area contributed by atoms with Crippen molar-refractivity contribution >= 4 is 17.3 Å². The molecule has 0 atom stereocenters. The number of aromatic nitrogens is 2. The Balaban J connectivity index is 1.39. The van der Waals surface area contributed by atoms with Gasteiger partial charge in [0.2, 0.25) is 0 Å². The van der Waals surface area contributed by atoms with Crippen LogP contribution in [-0.4, -0.2) is 59.3 Å². The summed E-state index contributed by atoms with van der Waals surface area (Å²) < 4.78 is 0. The van der Waals surface area contributed by atoms with E-state index in [0.717, 1.165) is 45.8 Å². The topological polar surface area (TPSA) is 64.3 Å². The van der Waals surface area contributed by atoms with Crippen LogP contribution in [0.15, 0.2) is 41.3 Å². The normalized spacial score (nSPS) is 16.2. The van der Waals surface area contributed by atoms with Gasteiger partial charge in [-0.2, -0.15) is 5.10 Å². The fraction of sp³-hybridized carbons (Fsp3) is 0.412. The number of nitrogens with zero attached hydrogens (tertiary/aromatic N) is 3. The first-order valence-corrected chi connectivity index (χ1v) is 8.56. The minimum absolute atomic E-state index is 0.165. The zero-order valence-electron chi connectivity index (χ0n) is 13.5. The summed E-state index contributed by atoms with van der Waals surface area (Å²) in [6.07, 6.45) is 1.54. The van der Waals surface area contributed by atoms with E-state index >= 15 is 0 Å².